The van der Waals surface area contributed by atoms with Gasteiger partial charge in [-0.15, -0.1) is 10.2 Å². The average molecular weight is 379 g/mol. The van der Waals surface area contributed by atoms with Crippen molar-refractivity contribution in [1.29, 1.82) is 0 Å². The molecule has 134 valence electrons. The molecule has 0 atom stereocenters. The van der Waals surface area contributed by atoms with Gasteiger partial charge in [0.25, 0.3) is 5.69 Å². The summed E-state index contributed by atoms with van der Waals surface area (Å²) in [6.45, 7) is 0. The van der Waals surface area contributed by atoms with Gasteiger partial charge >= 0.3 is 0 Å². The molecule has 0 spiro atoms. The lowest BCUT2D eigenvalue weighted by Crippen LogP contribution is -1.91. The minimum atomic E-state index is -0.411. The van der Waals surface area contributed by atoms with Crippen LogP contribution in [0.4, 0.5) is 5.69 Å². The van der Waals surface area contributed by atoms with Crippen LogP contribution in [0, 0.1) is 10.1 Å². The highest BCUT2D eigenvalue weighted by molar-refractivity contribution is 7.98. The fourth-order valence-corrected chi connectivity index (χ4v) is 3.21. The Morgan fingerprint density at radius 2 is 1.85 bits per heavy atom. The summed E-state index contributed by atoms with van der Waals surface area (Å²) in [6, 6.07) is 14.4. The van der Waals surface area contributed by atoms with Crippen LogP contribution in [0.5, 0.6) is 0 Å². The second-order valence-corrected chi connectivity index (χ2v) is 6.56. The van der Waals surface area contributed by atoms with Gasteiger partial charge in [0, 0.05) is 17.7 Å². The molecule has 9 nitrogen and oxygen atoms in total. The quantitative estimate of drug-likeness (QED) is 0.298. The second kappa shape index (κ2) is 7.38. The minimum absolute atomic E-state index is 0.00128. The molecule has 0 unspecified atom stereocenters. The maximum Gasteiger partial charge on any atom is 0.270 e. The van der Waals surface area contributed by atoms with Gasteiger partial charge in [0.2, 0.25) is 0 Å². The van der Waals surface area contributed by atoms with E-state index in [1.54, 1.807) is 6.07 Å². The number of H-pyrrole nitrogens is 2. The first-order chi connectivity index (χ1) is 13.2. The molecule has 4 rings (SSSR count). The summed E-state index contributed by atoms with van der Waals surface area (Å²) < 4.78 is 0. The van der Waals surface area contributed by atoms with Crippen LogP contribution in [0.1, 0.15) is 5.82 Å². The number of thioether (sulfide) groups is 1. The third-order valence-corrected chi connectivity index (χ3v) is 4.66. The molecule has 2 N–H and O–H groups in total. The molecule has 0 saturated carbocycles. The SMILES string of the molecule is O=[N+]([O-])c1cc(-c2ccccc2)cc(-c2nnc(SCc3ncn[nH]3)[nH]2)c1. The van der Waals surface area contributed by atoms with Crippen molar-refractivity contribution in [3.05, 3.63) is 70.8 Å². The molecular weight excluding hydrogens is 366 g/mol. The number of hydrogen-bond donors (Lipinski definition) is 2. The number of non-ortho nitro benzene ring substituents is 1. The van der Waals surface area contributed by atoms with E-state index in [1.165, 1.54) is 24.2 Å². The number of nitrogens with one attached hydrogen (secondary N) is 2. The Kier molecular flexibility index (Phi) is 4.62. The summed E-state index contributed by atoms with van der Waals surface area (Å²) in [6.07, 6.45) is 1.44. The number of hydrogen-bond acceptors (Lipinski definition) is 7. The third-order valence-electron chi connectivity index (χ3n) is 3.79. The second-order valence-electron chi connectivity index (χ2n) is 5.59. The number of nitro benzene ring substituents is 1. The molecule has 27 heavy (non-hydrogen) atoms. The molecular formula is C17H13N7O2S. The van der Waals surface area contributed by atoms with Gasteiger partial charge in [-0.05, 0) is 17.2 Å². The van der Waals surface area contributed by atoms with Crippen molar-refractivity contribution in [3.63, 3.8) is 0 Å². The van der Waals surface area contributed by atoms with Crippen molar-refractivity contribution in [1.82, 2.24) is 30.4 Å². The summed E-state index contributed by atoms with van der Waals surface area (Å²) >= 11 is 1.41. The van der Waals surface area contributed by atoms with Crippen molar-refractivity contribution in [3.8, 4) is 22.5 Å². The molecule has 10 heteroatoms. The van der Waals surface area contributed by atoms with Crippen LogP contribution < -0.4 is 0 Å². The zero-order valence-corrected chi connectivity index (χ0v) is 14.7. The highest BCUT2D eigenvalue weighted by Crippen LogP contribution is 2.30. The Bertz CT molecular complexity index is 1060. The molecule has 0 bridgehead atoms. The van der Waals surface area contributed by atoms with E-state index in [0.29, 0.717) is 22.3 Å². The van der Waals surface area contributed by atoms with E-state index in [2.05, 4.69) is 30.4 Å². The molecule has 0 aliphatic rings. The monoisotopic (exact) mass is 379 g/mol. The van der Waals surface area contributed by atoms with Crippen molar-refractivity contribution in [2.75, 3.05) is 0 Å². The zero-order valence-electron chi connectivity index (χ0n) is 13.9. The fraction of sp³-hybridized carbons (Fsp3) is 0.0588. The van der Waals surface area contributed by atoms with Crippen LogP contribution in [-0.4, -0.2) is 35.3 Å². The van der Waals surface area contributed by atoms with Gasteiger partial charge in [0.05, 0.1) is 10.7 Å². The third kappa shape index (κ3) is 3.85. The molecule has 2 aromatic carbocycles. The number of benzene rings is 2. The lowest BCUT2D eigenvalue weighted by molar-refractivity contribution is -0.384. The molecule has 2 heterocycles. The van der Waals surface area contributed by atoms with E-state index in [1.807, 2.05) is 36.4 Å². The van der Waals surface area contributed by atoms with Crippen molar-refractivity contribution in [2.45, 2.75) is 10.9 Å². The molecule has 0 aliphatic heterocycles. The van der Waals surface area contributed by atoms with Gasteiger partial charge < -0.3 is 4.98 Å². The van der Waals surface area contributed by atoms with Crippen LogP contribution in [-0.2, 0) is 5.75 Å². The Labute approximate surface area is 157 Å². The van der Waals surface area contributed by atoms with Crippen molar-refractivity contribution in [2.24, 2.45) is 0 Å². The van der Waals surface area contributed by atoms with Gasteiger partial charge in [0.15, 0.2) is 11.0 Å². The largest absolute Gasteiger partial charge is 0.316 e. The van der Waals surface area contributed by atoms with Crippen molar-refractivity contribution < 1.29 is 4.92 Å². The predicted octanol–water partition coefficient (Wildman–Crippen LogP) is 3.46. The standard InChI is InChI=1S/C17H13N7O2S/c25-24(26)14-7-12(11-4-2-1-3-5-11)6-13(8-14)16-20-17(23-22-16)27-9-15-18-10-19-21-15/h1-8,10H,9H2,(H,18,19,21)(H,20,22,23). The van der Waals surface area contributed by atoms with E-state index in [-0.39, 0.29) is 5.69 Å². The summed E-state index contributed by atoms with van der Waals surface area (Å²) in [7, 11) is 0. The van der Waals surface area contributed by atoms with Crippen LogP contribution in [0.25, 0.3) is 22.5 Å². The lowest BCUT2D eigenvalue weighted by Gasteiger charge is -2.04. The fourth-order valence-electron chi connectivity index (χ4n) is 2.53. The summed E-state index contributed by atoms with van der Waals surface area (Å²) in [5, 5.41) is 26.7. The van der Waals surface area contributed by atoms with Gasteiger partial charge in [-0.1, -0.05) is 42.1 Å². The summed E-state index contributed by atoms with van der Waals surface area (Å²) in [4.78, 5) is 18.1. The summed E-state index contributed by atoms with van der Waals surface area (Å²) in [5.41, 5.74) is 2.23. The number of nitrogens with zero attached hydrogens (tertiary/aromatic N) is 5. The maximum absolute atomic E-state index is 11.3. The Balaban J connectivity index is 1.64. The highest BCUT2D eigenvalue weighted by atomic mass is 32.2. The van der Waals surface area contributed by atoms with Gasteiger partial charge in [-0.3, -0.25) is 15.2 Å². The van der Waals surface area contributed by atoms with E-state index in [9.17, 15) is 10.1 Å². The number of aromatic nitrogens is 6. The van der Waals surface area contributed by atoms with Crippen LogP contribution in [0.15, 0.2) is 60.0 Å². The van der Waals surface area contributed by atoms with Crippen LogP contribution in [0.2, 0.25) is 0 Å². The predicted molar refractivity (Wildman–Crippen MR) is 99.9 cm³/mol. The smallest absolute Gasteiger partial charge is 0.270 e. The first-order valence-electron chi connectivity index (χ1n) is 7.94. The lowest BCUT2D eigenvalue weighted by atomic mass is 10.0. The van der Waals surface area contributed by atoms with E-state index in [4.69, 9.17) is 0 Å². The maximum atomic E-state index is 11.3. The molecule has 0 radical (unpaired) electrons. The number of rotatable bonds is 6. The highest BCUT2D eigenvalue weighted by Gasteiger charge is 2.15. The molecule has 2 aromatic heterocycles. The van der Waals surface area contributed by atoms with Gasteiger partial charge in [-0.2, -0.15) is 5.10 Å². The Hall–Kier alpha value is -3.53. The molecule has 0 saturated heterocycles. The van der Waals surface area contributed by atoms with E-state index < -0.39 is 4.92 Å². The van der Waals surface area contributed by atoms with Crippen LogP contribution in [0.3, 0.4) is 0 Å². The summed E-state index contributed by atoms with van der Waals surface area (Å²) in [5.74, 6) is 1.74. The van der Waals surface area contributed by atoms with Gasteiger partial charge in [-0.25, -0.2) is 4.98 Å². The Morgan fingerprint density at radius 3 is 2.59 bits per heavy atom. The molecule has 0 fully saturated rings. The first kappa shape index (κ1) is 16.9. The van der Waals surface area contributed by atoms with Crippen LogP contribution >= 0.6 is 11.8 Å². The minimum Gasteiger partial charge on any atom is -0.316 e. The molecule has 4 aromatic rings. The normalized spacial score (nSPS) is 10.8. The molecule has 0 amide bonds. The van der Waals surface area contributed by atoms with E-state index >= 15 is 0 Å². The topological polar surface area (TPSA) is 126 Å². The average Bonchev–Trinajstić information content (AvgIpc) is 3.38. The zero-order chi connectivity index (χ0) is 18.6. The number of nitro groups is 1. The molecule has 0 aliphatic carbocycles. The Morgan fingerprint density at radius 1 is 1.04 bits per heavy atom. The van der Waals surface area contributed by atoms with Gasteiger partial charge in [0.1, 0.15) is 12.2 Å². The first-order valence-corrected chi connectivity index (χ1v) is 8.92. The van der Waals surface area contributed by atoms with E-state index in [0.717, 1.165) is 17.0 Å². The van der Waals surface area contributed by atoms with Crippen molar-refractivity contribution >= 4 is 17.4 Å². The number of aromatic amines is 2.